The predicted molar refractivity (Wildman–Crippen MR) is 45.0 cm³/mol. The maximum absolute atomic E-state index is 10.6. The highest BCUT2D eigenvalue weighted by Crippen LogP contribution is 2.29. The molecule has 0 unspecified atom stereocenters. The standard InChI is InChI=1S/C9H15NO2/c1-7(4-11)10-8-2-3-9(10)6-12-5-8/h4,7-9H,2-3,5-6H2,1H3/t7-,8-,9+/m0/s1. The summed E-state index contributed by atoms with van der Waals surface area (Å²) in [7, 11) is 0. The molecule has 0 radical (unpaired) electrons. The van der Waals surface area contributed by atoms with E-state index in [0.29, 0.717) is 12.1 Å². The quantitative estimate of drug-likeness (QED) is 0.562. The summed E-state index contributed by atoms with van der Waals surface area (Å²) in [5.74, 6) is 0. The lowest BCUT2D eigenvalue weighted by atomic mass is 10.2. The van der Waals surface area contributed by atoms with Gasteiger partial charge in [-0.25, -0.2) is 0 Å². The highest BCUT2D eigenvalue weighted by atomic mass is 16.5. The van der Waals surface area contributed by atoms with Crippen LogP contribution in [0.25, 0.3) is 0 Å². The van der Waals surface area contributed by atoms with Crippen molar-refractivity contribution < 1.29 is 9.53 Å². The van der Waals surface area contributed by atoms with Crippen LogP contribution in [-0.2, 0) is 9.53 Å². The van der Waals surface area contributed by atoms with E-state index in [1.165, 1.54) is 12.8 Å². The fourth-order valence-corrected chi connectivity index (χ4v) is 2.40. The third-order valence-electron chi connectivity index (χ3n) is 2.96. The Hall–Kier alpha value is -0.410. The monoisotopic (exact) mass is 169 g/mol. The topological polar surface area (TPSA) is 29.5 Å². The number of nitrogens with zero attached hydrogens (tertiary/aromatic N) is 1. The van der Waals surface area contributed by atoms with Gasteiger partial charge in [-0.2, -0.15) is 0 Å². The van der Waals surface area contributed by atoms with Gasteiger partial charge in [-0.3, -0.25) is 4.90 Å². The minimum absolute atomic E-state index is 0.0754. The van der Waals surface area contributed by atoms with Gasteiger partial charge < -0.3 is 9.53 Å². The van der Waals surface area contributed by atoms with Crippen LogP contribution in [0.15, 0.2) is 0 Å². The van der Waals surface area contributed by atoms with Crippen LogP contribution in [0.3, 0.4) is 0 Å². The van der Waals surface area contributed by atoms with E-state index in [4.69, 9.17) is 4.74 Å². The van der Waals surface area contributed by atoms with Crippen molar-refractivity contribution in [2.45, 2.75) is 37.9 Å². The second-order valence-electron chi connectivity index (χ2n) is 3.75. The van der Waals surface area contributed by atoms with Crippen molar-refractivity contribution in [3.63, 3.8) is 0 Å². The first-order valence-corrected chi connectivity index (χ1v) is 4.63. The van der Waals surface area contributed by atoms with Crippen LogP contribution in [0.4, 0.5) is 0 Å². The van der Waals surface area contributed by atoms with Crippen molar-refractivity contribution in [2.75, 3.05) is 13.2 Å². The number of morpholine rings is 1. The number of hydrogen-bond acceptors (Lipinski definition) is 3. The van der Waals surface area contributed by atoms with Gasteiger partial charge in [-0.05, 0) is 19.8 Å². The van der Waals surface area contributed by atoms with E-state index in [1.807, 2.05) is 6.92 Å². The van der Waals surface area contributed by atoms with Crippen molar-refractivity contribution in [3.05, 3.63) is 0 Å². The maximum Gasteiger partial charge on any atom is 0.136 e. The largest absolute Gasteiger partial charge is 0.378 e. The minimum atomic E-state index is 0.0754. The highest BCUT2D eigenvalue weighted by molar-refractivity contribution is 5.57. The molecule has 0 aromatic carbocycles. The third-order valence-corrected chi connectivity index (χ3v) is 2.96. The summed E-state index contributed by atoms with van der Waals surface area (Å²) in [6.45, 7) is 3.60. The van der Waals surface area contributed by atoms with Gasteiger partial charge in [0.2, 0.25) is 0 Å². The molecule has 2 aliphatic heterocycles. The molecule has 0 N–H and O–H groups in total. The molecule has 3 atom stereocenters. The van der Waals surface area contributed by atoms with Gasteiger partial charge in [-0.15, -0.1) is 0 Å². The van der Waals surface area contributed by atoms with Gasteiger partial charge in [0.15, 0.2) is 0 Å². The Kier molecular flexibility index (Phi) is 2.15. The lowest BCUT2D eigenvalue weighted by Gasteiger charge is -2.36. The van der Waals surface area contributed by atoms with Crippen molar-refractivity contribution in [3.8, 4) is 0 Å². The summed E-state index contributed by atoms with van der Waals surface area (Å²) in [5.41, 5.74) is 0. The average Bonchev–Trinajstić information content (AvgIpc) is 2.35. The zero-order valence-corrected chi connectivity index (χ0v) is 7.40. The molecule has 3 nitrogen and oxygen atoms in total. The first-order chi connectivity index (χ1) is 5.83. The van der Waals surface area contributed by atoms with E-state index in [-0.39, 0.29) is 6.04 Å². The fraction of sp³-hybridized carbons (Fsp3) is 0.889. The SMILES string of the molecule is C[C@@H](C=O)N1[C@@H]2CC[C@H]1COC2. The molecule has 2 bridgehead atoms. The number of hydrogen-bond donors (Lipinski definition) is 0. The number of aldehydes is 1. The Morgan fingerprint density at radius 1 is 1.42 bits per heavy atom. The molecule has 0 amide bonds. The summed E-state index contributed by atoms with van der Waals surface area (Å²) in [5, 5.41) is 0. The van der Waals surface area contributed by atoms with Crippen LogP contribution in [0.5, 0.6) is 0 Å². The summed E-state index contributed by atoms with van der Waals surface area (Å²) < 4.78 is 5.42. The van der Waals surface area contributed by atoms with Crippen molar-refractivity contribution in [1.29, 1.82) is 0 Å². The molecular weight excluding hydrogens is 154 g/mol. The Morgan fingerprint density at radius 3 is 2.50 bits per heavy atom. The lowest BCUT2D eigenvalue weighted by molar-refractivity contribution is -0.116. The van der Waals surface area contributed by atoms with Crippen LogP contribution in [-0.4, -0.2) is 42.5 Å². The minimum Gasteiger partial charge on any atom is -0.378 e. The van der Waals surface area contributed by atoms with Crippen molar-refractivity contribution >= 4 is 6.29 Å². The summed E-state index contributed by atoms with van der Waals surface area (Å²) in [6, 6.07) is 1.08. The lowest BCUT2D eigenvalue weighted by Crippen LogP contribution is -2.50. The molecule has 2 heterocycles. The van der Waals surface area contributed by atoms with Gasteiger partial charge in [0.1, 0.15) is 6.29 Å². The first kappa shape index (κ1) is 8.20. The first-order valence-electron chi connectivity index (χ1n) is 4.63. The zero-order chi connectivity index (χ0) is 8.55. The summed E-state index contributed by atoms with van der Waals surface area (Å²) >= 11 is 0. The highest BCUT2D eigenvalue weighted by Gasteiger charge is 2.39. The molecule has 0 aromatic heterocycles. The third kappa shape index (κ3) is 1.17. The van der Waals surface area contributed by atoms with E-state index < -0.39 is 0 Å². The molecule has 0 aromatic rings. The van der Waals surface area contributed by atoms with Crippen molar-refractivity contribution in [1.82, 2.24) is 4.90 Å². The van der Waals surface area contributed by atoms with Crippen LogP contribution in [0.2, 0.25) is 0 Å². The Bertz CT molecular complexity index is 167. The van der Waals surface area contributed by atoms with E-state index in [9.17, 15) is 4.79 Å². The van der Waals surface area contributed by atoms with Gasteiger partial charge in [0.25, 0.3) is 0 Å². The number of carbonyl (C=O) groups is 1. The Balaban J connectivity index is 2.09. The number of carbonyl (C=O) groups excluding carboxylic acids is 1. The van der Waals surface area contributed by atoms with E-state index in [2.05, 4.69) is 4.90 Å². The Morgan fingerprint density at radius 2 is 2.00 bits per heavy atom. The number of ether oxygens (including phenoxy) is 1. The summed E-state index contributed by atoms with van der Waals surface area (Å²) in [6.07, 6.45) is 3.43. The molecule has 2 fully saturated rings. The van der Waals surface area contributed by atoms with E-state index in [0.717, 1.165) is 19.5 Å². The molecule has 2 rings (SSSR count). The molecule has 0 aliphatic carbocycles. The summed E-state index contributed by atoms with van der Waals surface area (Å²) in [4.78, 5) is 13.0. The second kappa shape index (κ2) is 3.15. The van der Waals surface area contributed by atoms with Gasteiger partial charge in [0, 0.05) is 12.1 Å². The fourth-order valence-electron chi connectivity index (χ4n) is 2.40. The molecule has 3 heteroatoms. The smallest absolute Gasteiger partial charge is 0.136 e. The number of rotatable bonds is 2. The molecule has 2 saturated heterocycles. The van der Waals surface area contributed by atoms with Crippen LogP contribution in [0, 0.1) is 0 Å². The normalized spacial score (nSPS) is 38.1. The Labute approximate surface area is 72.7 Å². The van der Waals surface area contributed by atoms with Crippen molar-refractivity contribution in [2.24, 2.45) is 0 Å². The van der Waals surface area contributed by atoms with Gasteiger partial charge >= 0.3 is 0 Å². The number of fused-ring (bicyclic) bond motifs is 2. The van der Waals surface area contributed by atoms with Crippen LogP contribution in [0.1, 0.15) is 19.8 Å². The molecule has 2 aliphatic rings. The molecular formula is C9H15NO2. The zero-order valence-electron chi connectivity index (χ0n) is 7.40. The molecule has 68 valence electrons. The molecule has 0 spiro atoms. The van der Waals surface area contributed by atoms with E-state index in [1.54, 1.807) is 0 Å². The maximum atomic E-state index is 10.6. The molecule has 0 saturated carbocycles. The second-order valence-corrected chi connectivity index (χ2v) is 3.75. The predicted octanol–water partition coefficient (Wildman–Crippen LogP) is 0.437. The van der Waals surface area contributed by atoms with Gasteiger partial charge in [0.05, 0.1) is 19.3 Å². The molecule has 12 heavy (non-hydrogen) atoms. The van der Waals surface area contributed by atoms with E-state index >= 15 is 0 Å². The van der Waals surface area contributed by atoms with Gasteiger partial charge in [-0.1, -0.05) is 0 Å². The average molecular weight is 169 g/mol. The van der Waals surface area contributed by atoms with Crippen LogP contribution < -0.4 is 0 Å². The van der Waals surface area contributed by atoms with Crippen LogP contribution >= 0.6 is 0 Å².